The van der Waals surface area contributed by atoms with E-state index < -0.39 is 0 Å². The second-order valence-electron chi connectivity index (χ2n) is 4.31. The van der Waals surface area contributed by atoms with E-state index in [-0.39, 0.29) is 11.6 Å². The third-order valence-corrected chi connectivity index (χ3v) is 2.61. The van der Waals surface area contributed by atoms with Gasteiger partial charge in [-0.1, -0.05) is 38.2 Å². The third-order valence-electron chi connectivity index (χ3n) is 2.61. The van der Waals surface area contributed by atoms with Crippen LogP contribution in [0, 0.1) is 5.92 Å². The first-order valence-electron chi connectivity index (χ1n) is 4.95. The lowest BCUT2D eigenvalue weighted by atomic mass is 9.82. The summed E-state index contributed by atoms with van der Waals surface area (Å²) in [5, 5.41) is 0. The van der Waals surface area contributed by atoms with Crippen molar-refractivity contribution in [2.24, 2.45) is 17.4 Å². The summed E-state index contributed by atoms with van der Waals surface area (Å²) in [6.07, 6.45) is 10.0. The average Bonchev–Trinajstić information content (AvgIpc) is 2.07. The normalized spacial score (nSPS) is 32.8. The molecule has 0 aliphatic heterocycles. The van der Waals surface area contributed by atoms with E-state index >= 15 is 0 Å². The lowest BCUT2D eigenvalue weighted by Crippen LogP contribution is -2.53. The third kappa shape index (κ3) is 2.68. The standard InChI is InChI=1S/C11H20N2/c1-9(2)6-8-11(13)7-4-3-5-10(11)12/h3-5,7,9-10H,6,8,12-13H2,1-2H3. The molecule has 0 saturated heterocycles. The number of hydrogen-bond acceptors (Lipinski definition) is 2. The van der Waals surface area contributed by atoms with Gasteiger partial charge in [-0.3, -0.25) is 0 Å². The quantitative estimate of drug-likeness (QED) is 0.692. The zero-order chi connectivity index (χ0) is 9.90. The molecule has 0 aromatic rings. The van der Waals surface area contributed by atoms with Gasteiger partial charge < -0.3 is 11.5 Å². The topological polar surface area (TPSA) is 52.0 Å². The van der Waals surface area contributed by atoms with Crippen LogP contribution in [0.1, 0.15) is 26.7 Å². The van der Waals surface area contributed by atoms with Crippen molar-refractivity contribution < 1.29 is 0 Å². The van der Waals surface area contributed by atoms with Crippen molar-refractivity contribution in [2.45, 2.75) is 38.3 Å². The molecule has 4 N–H and O–H groups in total. The molecular weight excluding hydrogens is 160 g/mol. The van der Waals surface area contributed by atoms with Crippen LogP contribution < -0.4 is 11.5 Å². The van der Waals surface area contributed by atoms with E-state index in [9.17, 15) is 0 Å². The molecule has 0 aromatic carbocycles. The summed E-state index contributed by atoms with van der Waals surface area (Å²) in [4.78, 5) is 0. The summed E-state index contributed by atoms with van der Waals surface area (Å²) in [6.45, 7) is 4.41. The Hall–Kier alpha value is -0.600. The Kier molecular flexibility index (Phi) is 3.28. The maximum atomic E-state index is 6.19. The molecule has 0 radical (unpaired) electrons. The van der Waals surface area contributed by atoms with E-state index in [0.29, 0.717) is 5.92 Å². The summed E-state index contributed by atoms with van der Waals surface area (Å²) in [5.74, 6) is 0.687. The van der Waals surface area contributed by atoms with Gasteiger partial charge in [-0.2, -0.15) is 0 Å². The van der Waals surface area contributed by atoms with Gasteiger partial charge in [0.05, 0.1) is 5.54 Å². The van der Waals surface area contributed by atoms with Crippen LogP contribution in [0.25, 0.3) is 0 Å². The Morgan fingerprint density at radius 1 is 1.38 bits per heavy atom. The van der Waals surface area contributed by atoms with Gasteiger partial charge in [0.25, 0.3) is 0 Å². The molecular formula is C11H20N2. The molecule has 0 amide bonds. The van der Waals surface area contributed by atoms with Gasteiger partial charge >= 0.3 is 0 Å². The van der Waals surface area contributed by atoms with Crippen molar-refractivity contribution >= 4 is 0 Å². The molecule has 1 rings (SSSR count). The smallest absolute Gasteiger partial charge is 0.0532 e. The second kappa shape index (κ2) is 4.07. The number of rotatable bonds is 3. The van der Waals surface area contributed by atoms with Crippen molar-refractivity contribution in [1.29, 1.82) is 0 Å². The minimum atomic E-state index is -0.320. The van der Waals surface area contributed by atoms with Crippen molar-refractivity contribution in [3.05, 3.63) is 24.3 Å². The fraction of sp³-hybridized carbons (Fsp3) is 0.636. The van der Waals surface area contributed by atoms with E-state index in [1.807, 2.05) is 24.3 Å². The highest BCUT2D eigenvalue weighted by molar-refractivity contribution is 5.25. The molecule has 0 fully saturated rings. The molecule has 74 valence electrons. The highest BCUT2D eigenvalue weighted by Gasteiger charge is 2.28. The summed E-state index contributed by atoms with van der Waals surface area (Å²) in [6, 6.07) is -0.0313. The number of hydrogen-bond donors (Lipinski definition) is 2. The lowest BCUT2D eigenvalue weighted by molar-refractivity contribution is 0.390. The van der Waals surface area contributed by atoms with Gasteiger partial charge in [-0.05, 0) is 18.8 Å². The van der Waals surface area contributed by atoms with Crippen LogP contribution >= 0.6 is 0 Å². The Balaban J connectivity index is 2.54. The summed E-state index contributed by atoms with van der Waals surface area (Å²) in [5.41, 5.74) is 11.8. The summed E-state index contributed by atoms with van der Waals surface area (Å²) in [7, 11) is 0. The van der Waals surface area contributed by atoms with E-state index in [1.54, 1.807) is 0 Å². The van der Waals surface area contributed by atoms with Crippen molar-refractivity contribution in [2.75, 3.05) is 0 Å². The molecule has 0 aromatic heterocycles. The molecule has 2 nitrogen and oxygen atoms in total. The van der Waals surface area contributed by atoms with Crippen LogP contribution in [-0.4, -0.2) is 11.6 Å². The molecule has 0 bridgehead atoms. The van der Waals surface area contributed by atoms with Crippen LogP contribution in [-0.2, 0) is 0 Å². The fourth-order valence-corrected chi connectivity index (χ4v) is 1.50. The van der Waals surface area contributed by atoms with Crippen LogP contribution in [0.3, 0.4) is 0 Å². The highest BCUT2D eigenvalue weighted by Crippen LogP contribution is 2.21. The van der Waals surface area contributed by atoms with Crippen LogP contribution in [0.2, 0.25) is 0 Å². The zero-order valence-electron chi connectivity index (χ0n) is 8.53. The summed E-state index contributed by atoms with van der Waals surface area (Å²) < 4.78 is 0. The van der Waals surface area contributed by atoms with Crippen molar-refractivity contribution in [3.8, 4) is 0 Å². The first kappa shape index (κ1) is 10.5. The van der Waals surface area contributed by atoms with Crippen LogP contribution in [0.5, 0.6) is 0 Å². The monoisotopic (exact) mass is 180 g/mol. The highest BCUT2D eigenvalue weighted by atomic mass is 14.8. The molecule has 0 spiro atoms. The van der Waals surface area contributed by atoms with Gasteiger partial charge in [0.15, 0.2) is 0 Å². The minimum Gasteiger partial charge on any atom is -0.323 e. The maximum Gasteiger partial charge on any atom is 0.0532 e. The Labute approximate surface area is 80.7 Å². The van der Waals surface area contributed by atoms with Crippen molar-refractivity contribution in [3.63, 3.8) is 0 Å². The van der Waals surface area contributed by atoms with Gasteiger partial charge in [0.1, 0.15) is 0 Å². The fourth-order valence-electron chi connectivity index (χ4n) is 1.50. The molecule has 1 aliphatic carbocycles. The maximum absolute atomic E-state index is 6.19. The van der Waals surface area contributed by atoms with Gasteiger partial charge in [-0.25, -0.2) is 0 Å². The largest absolute Gasteiger partial charge is 0.323 e. The van der Waals surface area contributed by atoms with Crippen LogP contribution in [0.4, 0.5) is 0 Å². The Morgan fingerprint density at radius 2 is 2.08 bits per heavy atom. The van der Waals surface area contributed by atoms with E-state index in [0.717, 1.165) is 12.8 Å². The SMILES string of the molecule is CC(C)CCC1(N)C=CC=CC1N. The molecule has 0 saturated carbocycles. The average molecular weight is 180 g/mol. The molecule has 13 heavy (non-hydrogen) atoms. The van der Waals surface area contributed by atoms with Gasteiger partial charge in [-0.15, -0.1) is 0 Å². The van der Waals surface area contributed by atoms with Crippen molar-refractivity contribution in [1.82, 2.24) is 0 Å². The van der Waals surface area contributed by atoms with Crippen LogP contribution in [0.15, 0.2) is 24.3 Å². The predicted molar refractivity (Wildman–Crippen MR) is 57.2 cm³/mol. The first-order valence-corrected chi connectivity index (χ1v) is 4.95. The molecule has 2 atom stereocenters. The molecule has 1 aliphatic rings. The second-order valence-corrected chi connectivity index (χ2v) is 4.31. The van der Waals surface area contributed by atoms with Gasteiger partial charge in [0.2, 0.25) is 0 Å². The van der Waals surface area contributed by atoms with E-state index in [1.165, 1.54) is 0 Å². The van der Waals surface area contributed by atoms with E-state index in [4.69, 9.17) is 11.5 Å². The first-order chi connectivity index (χ1) is 6.04. The van der Waals surface area contributed by atoms with Gasteiger partial charge in [0, 0.05) is 6.04 Å². The summed E-state index contributed by atoms with van der Waals surface area (Å²) >= 11 is 0. The Morgan fingerprint density at radius 3 is 2.62 bits per heavy atom. The lowest BCUT2D eigenvalue weighted by Gasteiger charge is -2.33. The molecule has 2 unspecified atom stereocenters. The predicted octanol–water partition coefficient (Wildman–Crippen LogP) is 1.57. The molecule has 2 heteroatoms. The number of nitrogens with two attached hydrogens (primary N) is 2. The Bertz CT molecular complexity index is 218. The minimum absolute atomic E-state index is 0.0313. The van der Waals surface area contributed by atoms with E-state index in [2.05, 4.69) is 13.8 Å². The zero-order valence-corrected chi connectivity index (χ0v) is 8.53. The number of allylic oxidation sites excluding steroid dienone is 2. The molecule has 0 heterocycles.